The Labute approximate surface area is 433 Å². The van der Waals surface area contributed by atoms with Crippen LogP contribution in [0.1, 0.15) is 284 Å². The fourth-order valence-electron chi connectivity index (χ4n) is 8.21. The molecule has 0 aromatic carbocycles. The van der Waals surface area contributed by atoms with E-state index < -0.39 is 6.10 Å². The molecule has 1 atom stereocenters. The molecular weight excluding hydrogens is 865 g/mol. The highest BCUT2D eigenvalue weighted by atomic mass is 16.6. The first-order valence-electron chi connectivity index (χ1n) is 29.6. The average molecular weight is 976 g/mol. The molecule has 0 saturated heterocycles. The summed E-state index contributed by atoms with van der Waals surface area (Å²) >= 11 is 0. The molecule has 0 aliphatic rings. The first-order chi connectivity index (χ1) is 34.5. The maximum atomic E-state index is 12.9. The van der Waals surface area contributed by atoms with E-state index in [1.54, 1.807) is 0 Å². The van der Waals surface area contributed by atoms with E-state index >= 15 is 0 Å². The summed E-state index contributed by atoms with van der Waals surface area (Å²) in [7, 11) is 0. The zero-order valence-electron chi connectivity index (χ0n) is 46.0. The van der Waals surface area contributed by atoms with Crippen molar-refractivity contribution in [1.29, 1.82) is 0 Å². The number of ether oxygens (including phenoxy) is 3. The van der Waals surface area contributed by atoms with Crippen molar-refractivity contribution in [3.8, 4) is 0 Å². The Bertz CT molecular complexity index is 1350. The second kappa shape index (κ2) is 58.2. The van der Waals surface area contributed by atoms with E-state index in [9.17, 15) is 14.4 Å². The summed E-state index contributed by atoms with van der Waals surface area (Å²) in [5.74, 6) is -0.901. The van der Waals surface area contributed by atoms with Gasteiger partial charge in [0.2, 0.25) is 0 Å². The number of carbonyl (C=O) groups excluding carboxylic acids is 3. The van der Waals surface area contributed by atoms with E-state index in [0.717, 1.165) is 122 Å². The number of hydrogen-bond acceptors (Lipinski definition) is 6. The molecule has 6 nitrogen and oxygen atoms in total. The fourth-order valence-corrected chi connectivity index (χ4v) is 8.21. The quantitative estimate of drug-likeness (QED) is 0.0261. The molecule has 0 fully saturated rings. The Morgan fingerprint density at radius 1 is 0.300 bits per heavy atom. The van der Waals surface area contributed by atoms with Crippen molar-refractivity contribution in [2.45, 2.75) is 290 Å². The van der Waals surface area contributed by atoms with Crippen molar-refractivity contribution in [3.05, 3.63) is 85.1 Å². The van der Waals surface area contributed by atoms with E-state index in [0.29, 0.717) is 19.3 Å². The van der Waals surface area contributed by atoms with Gasteiger partial charge >= 0.3 is 17.9 Å². The van der Waals surface area contributed by atoms with Crippen LogP contribution >= 0.6 is 0 Å². The molecule has 0 aliphatic carbocycles. The first-order valence-corrected chi connectivity index (χ1v) is 29.6. The smallest absolute Gasteiger partial charge is 0.306 e. The van der Waals surface area contributed by atoms with Gasteiger partial charge in [-0.25, -0.2) is 0 Å². The van der Waals surface area contributed by atoms with Gasteiger partial charge in [0.05, 0.1) is 0 Å². The molecule has 0 N–H and O–H groups in total. The first kappa shape index (κ1) is 66.6. The number of allylic oxidation sites excluding steroid dienone is 14. The number of hydrogen-bond donors (Lipinski definition) is 0. The summed E-state index contributed by atoms with van der Waals surface area (Å²) in [4.78, 5) is 38.2. The topological polar surface area (TPSA) is 78.9 Å². The van der Waals surface area contributed by atoms with Crippen molar-refractivity contribution in [2.75, 3.05) is 13.2 Å². The summed E-state index contributed by atoms with van der Waals surface area (Å²) in [5.41, 5.74) is 0. The minimum atomic E-state index is -0.788. The van der Waals surface area contributed by atoms with Gasteiger partial charge in [0.1, 0.15) is 13.2 Å². The monoisotopic (exact) mass is 975 g/mol. The fraction of sp³-hybridized carbons (Fsp3) is 0.734. The SMILES string of the molecule is CC/C=C\C/C=C\C/C=C\C/C=C\C/C=C\CCCCCCCCCC(=O)OCC(COC(=O)CCCCCCCCCCCCCCC)OC(=O)CCCCCCC/C=C\C/C=C\CCCCCC. The van der Waals surface area contributed by atoms with Crippen LogP contribution in [0.5, 0.6) is 0 Å². The number of esters is 3. The van der Waals surface area contributed by atoms with Gasteiger partial charge in [0.25, 0.3) is 0 Å². The lowest BCUT2D eigenvalue weighted by Crippen LogP contribution is -2.30. The van der Waals surface area contributed by atoms with Crippen LogP contribution in [-0.4, -0.2) is 37.2 Å². The Morgan fingerprint density at radius 3 is 0.886 bits per heavy atom. The largest absolute Gasteiger partial charge is 0.462 e. The molecule has 0 saturated carbocycles. The van der Waals surface area contributed by atoms with Gasteiger partial charge in [0, 0.05) is 19.3 Å². The summed E-state index contributed by atoms with van der Waals surface area (Å²) in [6, 6.07) is 0. The third-order valence-corrected chi connectivity index (χ3v) is 12.6. The Kier molecular flexibility index (Phi) is 55.3. The molecule has 402 valence electrons. The van der Waals surface area contributed by atoms with Crippen LogP contribution in [0.15, 0.2) is 85.1 Å². The van der Waals surface area contributed by atoms with Crippen LogP contribution < -0.4 is 0 Å². The lowest BCUT2D eigenvalue weighted by molar-refractivity contribution is -0.167. The van der Waals surface area contributed by atoms with Crippen molar-refractivity contribution in [2.24, 2.45) is 0 Å². The molecule has 0 radical (unpaired) electrons. The Hall–Kier alpha value is -3.41. The molecule has 0 aromatic heterocycles. The highest BCUT2D eigenvalue weighted by molar-refractivity contribution is 5.71. The third kappa shape index (κ3) is 55.5. The second-order valence-corrected chi connectivity index (χ2v) is 19.5. The number of rotatable bonds is 53. The lowest BCUT2D eigenvalue weighted by Gasteiger charge is -2.18. The van der Waals surface area contributed by atoms with Crippen molar-refractivity contribution in [1.82, 2.24) is 0 Å². The highest BCUT2D eigenvalue weighted by Gasteiger charge is 2.19. The van der Waals surface area contributed by atoms with Crippen LogP contribution in [0, 0.1) is 0 Å². The maximum Gasteiger partial charge on any atom is 0.306 e. The van der Waals surface area contributed by atoms with Gasteiger partial charge in [-0.3, -0.25) is 14.4 Å². The molecule has 0 bridgehead atoms. The lowest BCUT2D eigenvalue weighted by atomic mass is 10.0. The molecule has 0 heterocycles. The number of unbranched alkanes of at least 4 members (excludes halogenated alkanes) is 28. The molecule has 0 amide bonds. The van der Waals surface area contributed by atoms with Gasteiger partial charge in [-0.2, -0.15) is 0 Å². The summed E-state index contributed by atoms with van der Waals surface area (Å²) in [5, 5.41) is 0. The zero-order valence-corrected chi connectivity index (χ0v) is 46.0. The van der Waals surface area contributed by atoms with Gasteiger partial charge < -0.3 is 14.2 Å². The third-order valence-electron chi connectivity index (χ3n) is 12.6. The molecule has 1 unspecified atom stereocenters. The normalized spacial score (nSPS) is 12.7. The average Bonchev–Trinajstić information content (AvgIpc) is 3.36. The predicted octanol–water partition coefficient (Wildman–Crippen LogP) is 19.9. The minimum Gasteiger partial charge on any atom is -0.462 e. The van der Waals surface area contributed by atoms with E-state index in [1.165, 1.54) is 122 Å². The van der Waals surface area contributed by atoms with Gasteiger partial charge in [0.15, 0.2) is 6.10 Å². The van der Waals surface area contributed by atoms with E-state index in [4.69, 9.17) is 14.2 Å². The predicted molar refractivity (Wildman–Crippen MR) is 302 cm³/mol. The summed E-state index contributed by atoms with van der Waals surface area (Å²) in [6.07, 6.45) is 75.7. The van der Waals surface area contributed by atoms with Crippen LogP contribution in [0.25, 0.3) is 0 Å². The van der Waals surface area contributed by atoms with Crippen molar-refractivity contribution in [3.63, 3.8) is 0 Å². The number of carbonyl (C=O) groups is 3. The van der Waals surface area contributed by atoms with Gasteiger partial charge in [-0.15, -0.1) is 0 Å². The van der Waals surface area contributed by atoms with Crippen LogP contribution in [0.4, 0.5) is 0 Å². The van der Waals surface area contributed by atoms with Crippen LogP contribution in [0.3, 0.4) is 0 Å². The van der Waals surface area contributed by atoms with Crippen molar-refractivity contribution < 1.29 is 28.6 Å². The molecule has 0 aliphatic heterocycles. The standard InChI is InChI=1S/C64H110O6/c1-4-7-10-13-16-19-22-25-27-29-30-31-32-33-34-35-37-39-42-45-48-51-54-57-63(66)69-60-61(59-68-62(65)56-53-50-47-44-41-38-24-21-18-15-12-9-6-3)70-64(67)58-55-52-49-46-43-40-36-28-26-23-20-17-14-11-8-5-2/h7,10,16,19-20,23,25,27-28,30-31,33-34,36,61H,4-6,8-9,11-15,17-18,21-22,24,26,29,32,35,37-60H2,1-3H3/b10-7-,19-16-,23-20-,27-25-,31-30-,34-33-,36-28-. The second-order valence-electron chi connectivity index (χ2n) is 19.5. The maximum absolute atomic E-state index is 12.9. The molecule has 6 heteroatoms. The van der Waals surface area contributed by atoms with Crippen molar-refractivity contribution >= 4 is 17.9 Å². The van der Waals surface area contributed by atoms with E-state index in [1.807, 2.05) is 0 Å². The molecular formula is C64H110O6. The van der Waals surface area contributed by atoms with Gasteiger partial charge in [-0.05, 0) is 96.3 Å². The summed E-state index contributed by atoms with van der Waals surface area (Å²) < 4.78 is 16.9. The zero-order chi connectivity index (χ0) is 50.7. The Balaban J connectivity index is 4.38. The highest BCUT2D eigenvalue weighted by Crippen LogP contribution is 2.15. The molecule has 0 aromatic rings. The van der Waals surface area contributed by atoms with Crippen LogP contribution in [-0.2, 0) is 28.6 Å². The van der Waals surface area contributed by atoms with Gasteiger partial charge in [-0.1, -0.05) is 254 Å². The Morgan fingerprint density at radius 2 is 0.557 bits per heavy atom. The van der Waals surface area contributed by atoms with E-state index in [2.05, 4.69) is 106 Å². The molecule has 0 spiro atoms. The summed E-state index contributed by atoms with van der Waals surface area (Å²) in [6.45, 7) is 6.51. The van der Waals surface area contributed by atoms with E-state index in [-0.39, 0.29) is 31.1 Å². The minimum absolute atomic E-state index is 0.0837. The molecule has 0 rings (SSSR count). The molecule has 70 heavy (non-hydrogen) atoms. The van der Waals surface area contributed by atoms with Crippen LogP contribution in [0.2, 0.25) is 0 Å².